The number of anilines is 1. The van der Waals surface area contributed by atoms with Gasteiger partial charge >= 0.3 is 5.97 Å². The Kier molecular flexibility index (Phi) is 6.13. The van der Waals surface area contributed by atoms with E-state index in [2.05, 4.69) is 9.62 Å². The molecule has 0 unspecified atom stereocenters. The van der Waals surface area contributed by atoms with Gasteiger partial charge in [0.1, 0.15) is 0 Å². The molecule has 0 bridgehead atoms. The summed E-state index contributed by atoms with van der Waals surface area (Å²) in [6.07, 6.45) is 2.65. The zero-order valence-corrected chi connectivity index (χ0v) is 15.9. The molecule has 2 aromatic rings. The largest absolute Gasteiger partial charge is 0.481 e. The Morgan fingerprint density at radius 3 is 2.59 bits per heavy atom. The number of carboxylic acids is 1. The first kappa shape index (κ1) is 19.4. The summed E-state index contributed by atoms with van der Waals surface area (Å²) < 4.78 is 27.6. The Bertz CT molecular complexity index is 897. The highest BCUT2D eigenvalue weighted by molar-refractivity contribution is 7.92. The van der Waals surface area contributed by atoms with E-state index in [1.165, 1.54) is 5.56 Å². The van der Waals surface area contributed by atoms with Crippen LogP contribution in [0.15, 0.2) is 53.4 Å². The van der Waals surface area contributed by atoms with Crippen LogP contribution in [0.5, 0.6) is 0 Å². The van der Waals surface area contributed by atoms with Gasteiger partial charge in [0.2, 0.25) is 0 Å². The second-order valence-electron chi connectivity index (χ2n) is 6.78. The number of carboxylic acid groups (broad SMARTS) is 1. The molecule has 0 radical (unpaired) electrons. The van der Waals surface area contributed by atoms with Crippen molar-refractivity contribution in [3.05, 3.63) is 59.7 Å². The van der Waals surface area contributed by atoms with E-state index in [9.17, 15) is 13.2 Å². The van der Waals surface area contributed by atoms with Gasteiger partial charge in [0.25, 0.3) is 10.0 Å². The van der Waals surface area contributed by atoms with E-state index in [1.807, 2.05) is 18.2 Å². The maximum absolute atomic E-state index is 12.5. The molecule has 1 aliphatic rings. The Balaban J connectivity index is 1.64. The number of carbonyl (C=O) groups is 1. The first-order chi connectivity index (χ1) is 12.9. The molecule has 0 atom stereocenters. The summed E-state index contributed by atoms with van der Waals surface area (Å²) in [7, 11) is -3.60. The SMILES string of the molecule is O=C(O)CCCCN1CCc2ccc(NS(=O)(=O)c3ccccc3)cc2C1. The monoisotopic (exact) mass is 388 g/mol. The third-order valence-corrected chi connectivity index (χ3v) is 6.12. The van der Waals surface area contributed by atoms with Crippen molar-refractivity contribution in [3.8, 4) is 0 Å². The molecule has 144 valence electrons. The minimum Gasteiger partial charge on any atom is -0.481 e. The smallest absolute Gasteiger partial charge is 0.303 e. The van der Waals surface area contributed by atoms with Crippen LogP contribution >= 0.6 is 0 Å². The molecule has 0 saturated carbocycles. The average molecular weight is 388 g/mol. The van der Waals surface area contributed by atoms with Gasteiger partial charge in [-0.25, -0.2) is 8.42 Å². The Hall–Kier alpha value is -2.38. The molecule has 3 rings (SSSR count). The van der Waals surface area contributed by atoms with Crippen molar-refractivity contribution in [1.82, 2.24) is 4.90 Å². The minimum atomic E-state index is -3.60. The van der Waals surface area contributed by atoms with Gasteiger partial charge in [-0.05, 0) is 61.2 Å². The zero-order chi connectivity index (χ0) is 19.3. The summed E-state index contributed by atoms with van der Waals surface area (Å²) in [5, 5.41) is 8.72. The van der Waals surface area contributed by atoms with Crippen molar-refractivity contribution in [2.24, 2.45) is 0 Å². The van der Waals surface area contributed by atoms with Crippen molar-refractivity contribution in [3.63, 3.8) is 0 Å². The van der Waals surface area contributed by atoms with Crippen molar-refractivity contribution in [2.75, 3.05) is 17.8 Å². The maximum atomic E-state index is 12.5. The maximum Gasteiger partial charge on any atom is 0.303 e. The van der Waals surface area contributed by atoms with Crippen LogP contribution in [0.25, 0.3) is 0 Å². The molecule has 0 aromatic heterocycles. The van der Waals surface area contributed by atoms with Crippen molar-refractivity contribution < 1.29 is 18.3 Å². The summed E-state index contributed by atoms with van der Waals surface area (Å²) in [5.41, 5.74) is 2.91. The van der Waals surface area contributed by atoms with Crippen molar-refractivity contribution in [2.45, 2.75) is 37.1 Å². The van der Waals surface area contributed by atoms with E-state index in [1.54, 1.807) is 30.3 Å². The van der Waals surface area contributed by atoms with Gasteiger partial charge < -0.3 is 5.11 Å². The predicted octanol–water partition coefficient (Wildman–Crippen LogP) is 3.10. The summed E-state index contributed by atoms with van der Waals surface area (Å²) in [6, 6.07) is 14.0. The fourth-order valence-corrected chi connectivity index (χ4v) is 4.37. The van der Waals surface area contributed by atoms with Gasteiger partial charge in [0.15, 0.2) is 0 Å². The standard InChI is InChI=1S/C20H24N2O4S/c23-20(24)8-4-5-12-22-13-11-16-9-10-18(14-17(16)15-22)21-27(25,26)19-6-2-1-3-7-19/h1-3,6-7,9-10,14,21H,4-5,8,11-13,15H2,(H,23,24). The molecule has 0 saturated heterocycles. The number of rotatable bonds is 8. The molecule has 2 aromatic carbocycles. The molecular formula is C20H24N2O4S. The number of hydrogen-bond acceptors (Lipinski definition) is 4. The third-order valence-electron chi connectivity index (χ3n) is 4.72. The summed E-state index contributed by atoms with van der Waals surface area (Å²) in [4.78, 5) is 13.1. The molecule has 0 fully saturated rings. The number of nitrogens with zero attached hydrogens (tertiary/aromatic N) is 1. The lowest BCUT2D eigenvalue weighted by molar-refractivity contribution is -0.137. The molecule has 6 nitrogen and oxygen atoms in total. The van der Waals surface area contributed by atoms with Gasteiger partial charge in [0, 0.05) is 25.2 Å². The number of sulfonamides is 1. The number of benzene rings is 2. The van der Waals surface area contributed by atoms with E-state index < -0.39 is 16.0 Å². The van der Waals surface area contributed by atoms with Crippen LogP contribution in [-0.4, -0.2) is 37.5 Å². The predicted molar refractivity (Wildman–Crippen MR) is 104 cm³/mol. The molecule has 0 aliphatic carbocycles. The van der Waals surface area contributed by atoms with E-state index >= 15 is 0 Å². The van der Waals surface area contributed by atoms with Crippen LogP contribution in [0.1, 0.15) is 30.4 Å². The lowest BCUT2D eigenvalue weighted by Crippen LogP contribution is -2.31. The third kappa shape index (κ3) is 5.30. The van der Waals surface area contributed by atoms with Gasteiger partial charge in [-0.2, -0.15) is 0 Å². The number of hydrogen-bond donors (Lipinski definition) is 2. The number of fused-ring (bicyclic) bond motifs is 1. The molecule has 0 spiro atoms. The van der Waals surface area contributed by atoms with Crippen molar-refractivity contribution >= 4 is 21.7 Å². The normalized spacial score (nSPS) is 14.5. The zero-order valence-electron chi connectivity index (χ0n) is 15.1. The average Bonchev–Trinajstić information content (AvgIpc) is 2.65. The van der Waals surface area contributed by atoms with Crippen LogP contribution in [0.2, 0.25) is 0 Å². The Morgan fingerprint density at radius 2 is 1.85 bits per heavy atom. The molecule has 1 heterocycles. The highest BCUT2D eigenvalue weighted by Crippen LogP contribution is 2.24. The fourth-order valence-electron chi connectivity index (χ4n) is 3.30. The highest BCUT2D eigenvalue weighted by Gasteiger charge is 2.18. The van der Waals surface area contributed by atoms with E-state index in [0.717, 1.165) is 38.0 Å². The van der Waals surface area contributed by atoms with Crippen LogP contribution in [0.3, 0.4) is 0 Å². The van der Waals surface area contributed by atoms with E-state index in [-0.39, 0.29) is 11.3 Å². The molecule has 27 heavy (non-hydrogen) atoms. The summed E-state index contributed by atoms with van der Waals surface area (Å²) in [6.45, 7) is 2.55. The Labute approximate surface area is 159 Å². The summed E-state index contributed by atoms with van der Waals surface area (Å²) in [5.74, 6) is -0.755. The van der Waals surface area contributed by atoms with Gasteiger partial charge in [-0.3, -0.25) is 14.4 Å². The molecule has 7 heteroatoms. The van der Waals surface area contributed by atoms with Gasteiger partial charge in [-0.1, -0.05) is 24.3 Å². The van der Waals surface area contributed by atoms with Crippen LogP contribution in [-0.2, 0) is 27.8 Å². The lowest BCUT2D eigenvalue weighted by Gasteiger charge is -2.29. The lowest BCUT2D eigenvalue weighted by atomic mass is 9.99. The van der Waals surface area contributed by atoms with E-state index in [0.29, 0.717) is 12.1 Å². The van der Waals surface area contributed by atoms with Crippen LogP contribution in [0.4, 0.5) is 5.69 Å². The second kappa shape index (κ2) is 8.54. The first-order valence-electron chi connectivity index (χ1n) is 9.08. The number of nitrogens with one attached hydrogen (secondary N) is 1. The molecular weight excluding hydrogens is 364 g/mol. The highest BCUT2D eigenvalue weighted by atomic mass is 32.2. The topological polar surface area (TPSA) is 86.7 Å². The van der Waals surface area contributed by atoms with Crippen LogP contribution in [0, 0.1) is 0 Å². The molecule has 0 amide bonds. The summed E-state index contributed by atoms with van der Waals surface area (Å²) >= 11 is 0. The van der Waals surface area contributed by atoms with Gasteiger partial charge in [-0.15, -0.1) is 0 Å². The minimum absolute atomic E-state index is 0.204. The Morgan fingerprint density at radius 1 is 1.07 bits per heavy atom. The van der Waals surface area contributed by atoms with Crippen LogP contribution < -0.4 is 4.72 Å². The van der Waals surface area contributed by atoms with E-state index in [4.69, 9.17) is 5.11 Å². The number of unbranched alkanes of at least 4 members (excludes halogenated alkanes) is 1. The fraction of sp³-hybridized carbons (Fsp3) is 0.350. The number of aliphatic carboxylic acids is 1. The molecule has 2 N–H and O–H groups in total. The quantitative estimate of drug-likeness (QED) is 0.679. The second-order valence-corrected chi connectivity index (χ2v) is 8.46. The van der Waals surface area contributed by atoms with Crippen molar-refractivity contribution in [1.29, 1.82) is 0 Å². The van der Waals surface area contributed by atoms with Gasteiger partial charge in [0.05, 0.1) is 4.90 Å². The first-order valence-corrected chi connectivity index (χ1v) is 10.6. The molecule has 1 aliphatic heterocycles.